The molecule has 0 spiro atoms. The predicted octanol–water partition coefficient (Wildman–Crippen LogP) is 3.45. The topological polar surface area (TPSA) is 37.4 Å². The van der Waals surface area contributed by atoms with Crippen LogP contribution in [-0.2, 0) is 10.0 Å². The van der Waals surface area contributed by atoms with E-state index in [2.05, 4.69) is 13.8 Å². The lowest BCUT2D eigenvalue weighted by atomic mass is 9.95. The van der Waals surface area contributed by atoms with Gasteiger partial charge in [0.05, 0.1) is 4.90 Å². The van der Waals surface area contributed by atoms with Gasteiger partial charge in [-0.15, -0.1) is 11.6 Å². The Hall–Kier alpha value is -0.580. The highest BCUT2D eigenvalue weighted by atomic mass is 35.5. The molecule has 108 valence electrons. The number of benzene rings is 1. The Bertz CT molecular complexity index is 497. The Balaban J connectivity index is 2.94. The molecule has 1 aromatic rings. The van der Waals surface area contributed by atoms with Gasteiger partial charge in [-0.3, -0.25) is 0 Å². The third-order valence-corrected chi connectivity index (χ3v) is 5.72. The first-order chi connectivity index (χ1) is 8.80. The summed E-state index contributed by atoms with van der Waals surface area (Å²) < 4.78 is 25.1. The number of rotatable bonds is 6. The Morgan fingerprint density at radius 2 is 1.74 bits per heavy atom. The number of alkyl halides is 1. The molecule has 3 nitrogen and oxygen atoms in total. The van der Waals surface area contributed by atoms with Crippen molar-refractivity contribution in [3.05, 3.63) is 29.8 Å². The van der Waals surface area contributed by atoms with E-state index < -0.39 is 10.0 Å². The van der Waals surface area contributed by atoms with Crippen molar-refractivity contribution in [1.29, 1.82) is 0 Å². The second-order valence-electron chi connectivity index (χ2n) is 4.95. The van der Waals surface area contributed by atoms with E-state index in [1.54, 1.807) is 12.1 Å². The fraction of sp³-hybridized carbons (Fsp3) is 0.571. The van der Waals surface area contributed by atoms with Crippen LogP contribution in [0.15, 0.2) is 29.2 Å². The summed E-state index contributed by atoms with van der Waals surface area (Å²) in [6, 6.07) is 7.01. The van der Waals surface area contributed by atoms with Crippen molar-refractivity contribution in [2.45, 2.75) is 42.9 Å². The smallest absolute Gasteiger partial charge is 0.207 e. The molecule has 0 amide bonds. The van der Waals surface area contributed by atoms with Crippen LogP contribution in [0.25, 0.3) is 0 Å². The van der Waals surface area contributed by atoms with Crippen molar-refractivity contribution in [2.24, 2.45) is 0 Å². The van der Waals surface area contributed by atoms with Gasteiger partial charge in [0.1, 0.15) is 0 Å². The molecule has 19 heavy (non-hydrogen) atoms. The van der Waals surface area contributed by atoms with Crippen molar-refractivity contribution in [1.82, 2.24) is 4.31 Å². The Morgan fingerprint density at radius 3 is 2.16 bits per heavy atom. The number of sulfonamides is 1. The Labute approximate surface area is 121 Å². The molecule has 2 atom stereocenters. The molecule has 2 unspecified atom stereocenters. The molecule has 0 heterocycles. The van der Waals surface area contributed by atoms with E-state index in [1.807, 2.05) is 12.1 Å². The third-order valence-electron chi connectivity index (χ3n) is 3.29. The van der Waals surface area contributed by atoms with E-state index in [0.29, 0.717) is 4.90 Å². The molecule has 0 fully saturated rings. The van der Waals surface area contributed by atoms with Crippen molar-refractivity contribution < 1.29 is 8.42 Å². The molecule has 5 heteroatoms. The van der Waals surface area contributed by atoms with Crippen LogP contribution >= 0.6 is 11.6 Å². The van der Waals surface area contributed by atoms with Crippen LogP contribution in [0.4, 0.5) is 0 Å². The van der Waals surface area contributed by atoms with Gasteiger partial charge in [0.25, 0.3) is 0 Å². The van der Waals surface area contributed by atoms with E-state index in [0.717, 1.165) is 18.4 Å². The molecule has 1 rings (SSSR count). The quantitative estimate of drug-likeness (QED) is 0.755. The van der Waals surface area contributed by atoms with Gasteiger partial charge in [0.2, 0.25) is 10.0 Å². The maximum Gasteiger partial charge on any atom is 0.242 e. The molecule has 0 N–H and O–H groups in total. The molecule has 1 aromatic carbocycles. The van der Waals surface area contributed by atoms with E-state index >= 15 is 0 Å². The third kappa shape index (κ3) is 3.94. The summed E-state index contributed by atoms with van der Waals surface area (Å²) in [5.41, 5.74) is 1.08. The summed E-state index contributed by atoms with van der Waals surface area (Å²) in [6.45, 7) is 4.18. The first kappa shape index (κ1) is 16.5. The van der Waals surface area contributed by atoms with Gasteiger partial charge < -0.3 is 0 Å². The van der Waals surface area contributed by atoms with Gasteiger partial charge in [-0.2, -0.15) is 0 Å². The maximum atomic E-state index is 11.9. The van der Waals surface area contributed by atoms with Crippen molar-refractivity contribution in [3.8, 4) is 0 Å². The fourth-order valence-corrected chi connectivity index (χ4v) is 3.15. The highest BCUT2D eigenvalue weighted by Gasteiger charge is 2.19. The first-order valence-electron chi connectivity index (χ1n) is 6.47. The van der Waals surface area contributed by atoms with Crippen LogP contribution in [0.1, 0.15) is 38.2 Å². The minimum Gasteiger partial charge on any atom is -0.207 e. The monoisotopic (exact) mass is 303 g/mol. The van der Waals surface area contributed by atoms with Crippen LogP contribution in [0.3, 0.4) is 0 Å². The summed E-state index contributed by atoms with van der Waals surface area (Å²) in [7, 11) is -0.290. The summed E-state index contributed by atoms with van der Waals surface area (Å²) in [4.78, 5) is 0.315. The van der Waals surface area contributed by atoms with Gasteiger partial charge in [-0.1, -0.05) is 32.4 Å². The van der Waals surface area contributed by atoms with Gasteiger partial charge >= 0.3 is 0 Å². The standard InChI is InChI=1S/C14H22ClNO2S/c1-5-6-14(15)11(2)12-7-9-13(10-8-12)19(17,18)16(3)4/h7-11,14H,5-6H2,1-4H3. The molecule has 0 radical (unpaired) electrons. The largest absolute Gasteiger partial charge is 0.242 e. The molecule has 0 saturated heterocycles. The molecule has 0 aromatic heterocycles. The lowest BCUT2D eigenvalue weighted by Crippen LogP contribution is -2.22. The average molecular weight is 304 g/mol. The van der Waals surface area contributed by atoms with Gasteiger partial charge in [-0.25, -0.2) is 12.7 Å². The molecule has 0 aliphatic heterocycles. The second kappa shape index (κ2) is 6.73. The van der Waals surface area contributed by atoms with Crippen LogP contribution in [-0.4, -0.2) is 32.2 Å². The zero-order valence-corrected chi connectivity index (χ0v) is 13.5. The lowest BCUT2D eigenvalue weighted by molar-refractivity contribution is 0.520. The summed E-state index contributed by atoms with van der Waals surface area (Å²) >= 11 is 6.32. The fourth-order valence-electron chi connectivity index (χ4n) is 1.89. The second-order valence-corrected chi connectivity index (χ2v) is 7.66. The van der Waals surface area contributed by atoms with Crippen molar-refractivity contribution >= 4 is 21.6 Å². The SMILES string of the molecule is CCCC(Cl)C(C)c1ccc(S(=O)(=O)N(C)C)cc1. The average Bonchev–Trinajstić information content (AvgIpc) is 2.38. The first-order valence-corrected chi connectivity index (χ1v) is 8.35. The predicted molar refractivity (Wildman–Crippen MR) is 80.3 cm³/mol. The molecular weight excluding hydrogens is 282 g/mol. The zero-order valence-electron chi connectivity index (χ0n) is 11.9. The molecular formula is C14H22ClNO2S. The molecule has 0 bridgehead atoms. The van der Waals surface area contributed by atoms with E-state index in [9.17, 15) is 8.42 Å². The minimum atomic E-state index is -3.35. The minimum absolute atomic E-state index is 0.0845. The summed E-state index contributed by atoms with van der Waals surface area (Å²) in [5.74, 6) is 0.220. The van der Waals surface area contributed by atoms with Crippen molar-refractivity contribution in [2.75, 3.05) is 14.1 Å². The van der Waals surface area contributed by atoms with Crippen molar-refractivity contribution in [3.63, 3.8) is 0 Å². The Kier molecular flexibility index (Phi) is 5.83. The van der Waals surface area contributed by atoms with Crippen LogP contribution < -0.4 is 0 Å². The number of hydrogen-bond acceptors (Lipinski definition) is 2. The molecule has 0 aliphatic carbocycles. The lowest BCUT2D eigenvalue weighted by Gasteiger charge is -2.18. The Morgan fingerprint density at radius 1 is 1.21 bits per heavy atom. The zero-order chi connectivity index (χ0) is 14.6. The van der Waals surface area contributed by atoms with E-state index in [4.69, 9.17) is 11.6 Å². The normalized spacial score (nSPS) is 15.5. The van der Waals surface area contributed by atoms with Crippen LogP contribution in [0, 0.1) is 0 Å². The van der Waals surface area contributed by atoms with Crippen LogP contribution in [0.2, 0.25) is 0 Å². The van der Waals surface area contributed by atoms with Crippen LogP contribution in [0.5, 0.6) is 0 Å². The number of nitrogens with zero attached hydrogens (tertiary/aromatic N) is 1. The highest BCUT2D eigenvalue weighted by molar-refractivity contribution is 7.89. The summed E-state index contributed by atoms with van der Waals surface area (Å²) in [6.07, 6.45) is 2.01. The highest BCUT2D eigenvalue weighted by Crippen LogP contribution is 2.27. The van der Waals surface area contributed by atoms with Gasteiger partial charge in [0.15, 0.2) is 0 Å². The maximum absolute atomic E-state index is 11.9. The summed E-state index contributed by atoms with van der Waals surface area (Å²) in [5, 5.41) is 0.0845. The van der Waals surface area contributed by atoms with E-state index in [1.165, 1.54) is 18.4 Å². The number of hydrogen-bond donors (Lipinski definition) is 0. The van der Waals surface area contributed by atoms with Gasteiger partial charge in [-0.05, 0) is 30.0 Å². The molecule has 0 saturated carbocycles. The van der Waals surface area contributed by atoms with E-state index in [-0.39, 0.29) is 11.3 Å². The number of halogens is 1. The molecule has 0 aliphatic rings. The van der Waals surface area contributed by atoms with Gasteiger partial charge in [0, 0.05) is 19.5 Å².